The highest BCUT2D eigenvalue weighted by Crippen LogP contribution is 2.16. The van der Waals surface area contributed by atoms with E-state index < -0.39 is 0 Å². The van der Waals surface area contributed by atoms with Gasteiger partial charge < -0.3 is 14.6 Å². The van der Waals surface area contributed by atoms with Crippen LogP contribution in [0.3, 0.4) is 0 Å². The molecule has 3 nitrogen and oxygen atoms in total. The maximum absolute atomic E-state index is 8.44. The quantitative estimate of drug-likeness (QED) is 0.799. The molecule has 98 valence electrons. The van der Waals surface area contributed by atoms with Crippen molar-refractivity contribution in [2.75, 3.05) is 13.4 Å². The number of hydrogen-bond acceptors (Lipinski definition) is 3. The number of aliphatic hydroxyl groups is 1. The van der Waals surface area contributed by atoms with E-state index in [1.807, 2.05) is 6.92 Å². The van der Waals surface area contributed by atoms with Gasteiger partial charge in [-0.2, -0.15) is 0 Å². The molecule has 1 aromatic rings. The molecule has 0 aliphatic heterocycles. The Labute approximate surface area is 101 Å². The third-order valence-electron chi connectivity index (χ3n) is 1.37. The summed E-state index contributed by atoms with van der Waals surface area (Å²) >= 11 is 0. The molecule has 0 heterocycles. The summed E-state index contributed by atoms with van der Waals surface area (Å²) < 4.78 is 10.1. The second-order valence-corrected chi connectivity index (χ2v) is 2.18. The Morgan fingerprint density at radius 3 is 1.56 bits per heavy atom. The van der Waals surface area contributed by atoms with Crippen molar-refractivity contribution < 1.29 is 14.6 Å². The first-order valence-electron chi connectivity index (χ1n) is 3.83. The molecule has 3 heteroatoms. The van der Waals surface area contributed by atoms with E-state index >= 15 is 0 Å². The van der Waals surface area contributed by atoms with Crippen LogP contribution < -0.4 is 9.47 Å². The Morgan fingerprint density at radius 1 is 0.875 bits per heavy atom. The molecule has 0 atom stereocenters. The maximum atomic E-state index is 8.44. The highest BCUT2D eigenvalue weighted by molar-refractivity contribution is 5.31. The highest BCUT2D eigenvalue weighted by atomic mass is 16.6. The fourth-order valence-electron chi connectivity index (χ4n) is 0.873. The molecule has 0 aliphatic carbocycles. The average molecular weight is 232 g/mol. The Hall–Kier alpha value is -1.22. The minimum Gasteiger partial charge on any atom is -0.494 e. The van der Waals surface area contributed by atoms with E-state index in [1.165, 1.54) is 0 Å². The predicted molar refractivity (Wildman–Crippen MR) is 72.2 cm³/mol. The topological polar surface area (TPSA) is 38.7 Å². The highest BCUT2D eigenvalue weighted by Gasteiger charge is 1.93. The van der Waals surface area contributed by atoms with Crippen LogP contribution in [0.4, 0.5) is 0 Å². The van der Waals surface area contributed by atoms with E-state index in [9.17, 15) is 0 Å². The molecule has 0 amide bonds. The largest absolute Gasteiger partial charge is 0.494 e. The molecule has 1 rings (SSSR count). The van der Waals surface area contributed by atoms with Crippen molar-refractivity contribution in [2.45, 2.75) is 36.6 Å². The van der Waals surface area contributed by atoms with Crippen molar-refractivity contribution >= 4 is 0 Å². The third kappa shape index (κ3) is 8.12. The summed E-state index contributed by atoms with van der Waals surface area (Å²) in [5.41, 5.74) is 0. The smallest absolute Gasteiger partial charge is 0.186 e. The van der Waals surface area contributed by atoms with Crippen LogP contribution in [0.15, 0.2) is 24.3 Å². The van der Waals surface area contributed by atoms with Gasteiger partial charge in [0.15, 0.2) is 6.79 Å². The standard InChI is InChI=1S/C9H12O3.4CH4/c1-2-11-8-3-5-9(6-4-8)12-7-10;;;;/h3-6,10H,2,7H2,1H3;4*1H4. The first kappa shape index (κ1) is 24.2. The summed E-state index contributed by atoms with van der Waals surface area (Å²) in [6.07, 6.45) is 0. The molecule has 1 N–H and O–H groups in total. The molecule has 0 aliphatic rings. The molecule has 0 saturated heterocycles. The van der Waals surface area contributed by atoms with Gasteiger partial charge in [-0.3, -0.25) is 0 Å². The van der Waals surface area contributed by atoms with Crippen molar-refractivity contribution in [2.24, 2.45) is 0 Å². The molecule has 0 fully saturated rings. The lowest BCUT2D eigenvalue weighted by Crippen LogP contribution is -1.95. The van der Waals surface area contributed by atoms with Gasteiger partial charge in [0.1, 0.15) is 11.5 Å². The second kappa shape index (κ2) is 13.8. The molecule has 0 unspecified atom stereocenters. The summed E-state index contributed by atoms with van der Waals surface area (Å²) in [4.78, 5) is 0. The zero-order chi connectivity index (χ0) is 8.81. The molecule has 0 radical (unpaired) electrons. The summed E-state index contributed by atoms with van der Waals surface area (Å²) in [7, 11) is 0. The van der Waals surface area contributed by atoms with E-state index in [1.54, 1.807) is 24.3 Å². The summed E-state index contributed by atoms with van der Waals surface area (Å²) in [5.74, 6) is 1.45. The zero-order valence-electron chi connectivity index (χ0n) is 6.99. The van der Waals surface area contributed by atoms with Gasteiger partial charge in [-0.15, -0.1) is 0 Å². The van der Waals surface area contributed by atoms with Crippen LogP contribution in [0.25, 0.3) is 0 Å². The summed E-state index contributed by atoms with van der Waals surface area (Å²) in [6.45, 7) is 2.28. The van der Waals surface area contributed by atoms with Crippen molar-refractivity contribution in [3.05, 3.63) is 24.3 Å². The first-order chi connectivity index (χ1) is 5.86. The molecule has 16 heavy (non-hydrogen) atoms. The van der Waals surface area contributed by atoms with E-state index in [4.69, 9.17) is 14.6 Å². The Kier molecular flexibility index (Phi) is 20.8. The number of aliphatic hydroxyl groups excluding tert-OH is 1. The molecule has 1 aromatic carbocycles. The van der Waals surface area contributed by atoms with Crippen LogP contribution in [0, 0.1) is 0 Å². The normalized spacial score (nSPS) is 7.12. The number of hydrogen-bond donors (Lipinski definition) is 1. The van der Waals surface area contributed by atoms with E-state index in [0.717, 1.165) is 5.75 Å². The van der Waals surface area contributed by atoms with Crippen LogP contribution >= 0.6 is 0 Å². The van der Waals surface area contributed by atoms with Crippen LogP contribution in [-0.2, 0) is 0 Å². The lowest BCUT2D eigenvalue weighted by atomic mass is 10.3. The Bertz CT molecular complexity index is 194. The Balaban J connectivity index is -0.000000180. The van der Waals surface area contributed by atoms with Gasteiger partial charge in [-0.05, 0) is 31.2 Å². The summed E-state index contributed by atoms with van der Waals surface area (Å²) in [5, 5.41) is 8.44. The molecule has 0 saturated carbocycles. The maximum Gasteiger partial charge on any atom is 0.186 e. The van der Waals surface area contributed by atoms with Gasteiger partial charge in [-0.1, -0.05) is 29.7 Å². The van der Waals surface area contributed by atoms with E-state index in [2.05, 4.69) is 0 Å². The van der Waals surface area contributed by atoms with Gasteiger partial charge in [0.05, 0.1) is 6.61 Å². The van der Waals surface area contributed by atoms with Crippen molar-refractivity contribution in [3.8, 4) is 11.5 Å². The van der Waals surface area contributed by atoms with Gasteiger partial charge in [0.2, 0.25) is 0 Å². The van der Waals surface area contributed by atoms with E-state index in [-0.39, 0.29) is 36.5 Å². The number of benzene rings is 1. The lowest BCUT2D eigenvalue weighted by Gasteiger charge is -2.04. The molecule has 0 bridgehead atoms. The monoisotopic (exact) mass is 232 g/mol. The number of ether oxygens (including phenoxy) is 2. The number of rotatable bonds is 4. The molecular formula is C13H28O3. The summed E-state index contributed by atoms with van der Waals surface area (Å²) in [6, 6.07) is 7.10. The SMILES string of the molecule is C.C.C.C.CCOc1ccc(OCO)cc1. The molecule has 0 aromatic heterocycles. The van der Waals surface area contributed by atoms with Crippen LogP contribution in [-0.4, -0.2) is 18.5 Å². The minimum atomic E-state index is -0.298. The van der Waals surface area contributed by atoms with Gasteiger partial charge >= 0.3 is 0 Å². The predicted octanol–water partition coefficient (Wildman–Crippen LogP) is 3.96. The second-order valence-electron chi connectivity index (χ2n) is 2.18. The Morgan fingerprint density at radius 2 is 1.25 bits per heavy atom. The van der Waals surface area contributed by atoms with Crippen molar-refractivity contribution in [1.29, 1.82) is 0 Å². The fourth-order valence-corrected chi connectivity index (χ4v) is 0.873. The van der Waals surface area contributed by atoms with Crippen molar-refractivity contribution in [1.82, 2.24) is 0 Å². The van der Waals surface area contributed by atoms with Crippen molar-refractivity contribution in [3.63, 3.8) is 0 Å². The average Bonchev–Trinajstić information content (AvgIpc) is 2.09. The molecular weight excluding hydrogens is 204 g/mol. The lowest BCUT2D eigenvalue weighted by molar-refractivity contribution is 0.0984. The third-order valence-corrected chi connectivity index (χ3v) is 1.37. The van der Waals surface area contributed by atoms with Crippen LogP contribution in [0.1, 0.15) is 36.6 Å². The van der Waals surface area contributed by atoms with Gasteiger partial charge in [0, 0.05) is 0 Å². The van der Waals surface area contributed by atoms with Crippen LogP contribution in [0.2, 0.25) is 0 Å². The van der Waals surface area contributed by atoms with Gasteiger partial charge in [0.25, 0.3) is 0 Å². The zero-order valence-corrected chi connectivity index (χ0v) is 6.99. The minimum absolute atomic E-state index is 0. The molecule has 0 spiro atoms. The van der Waals surface area contributed by atoms with Crippen LogP contribution in [0.5, 0.6) is 11.5 Å². The van der Waals surface area contributed by atoms with E-state index in [0.29, 0.717) is 12.4 Å². The van der Waals surface area contributed by atoms with Gasteiger partial charge in [-0.25, -0.2) is 0 Å². The fraction of sp³-hybridized carbons (Fsp3) is 0.538. The first-order valence-corrected chi connectivity index (χ1v) is 3.83.